The van der Waals surface area contributed by atoms with E-state index in [0.717, 1.165) is 22.6 Å². The van der Waals surface area contributed by atoms with E-state index >= 15 is 0 Å². The van der Waals surface area contributed by atoms with E-state index < -0.39 is 22.9 Å². The summed E-state index contributed by atoms with van der Waals surface area (Å²) in [6.45, 7) is 19.1. The number of carbonyl (C=O) groups is 4. The summed E-state index contributed by atoms with van der Waals surface area (Å²) in [4.78, 5) is 52.0. The first kappa shape index (κ1) is 48.4. The van der Waals surface area contributed by atoms with Crippen LogP contribution in [0.2, 0.25) is 0 Å². The molecular weight excluding hydrogens is 801 g/mol. The summed E-state index contributed by atoms with van der Waals surface area (Å²) in [5.74, 6) is 2.01. The third-order valence-corrected chi connectivity index (χ3v) is 11.1. The van der Waals surface area contributed by atoms with Gasteiger partial charge in [-0.1, -0.05) is 152 Å². The van der Waals surface area contributed by atoms with Gasteiger partial charge >= 0.3 is 0 Å². The van der Waals surface area contributed by atoms with Crippen LogP contribution in [0.3, 0.4) is 0 Å². The third-order valence-electron chi connectivity index (χ3n) is 11.1. The van der Waals surface area contributed by atoms with Gasteiger partial charge < -0.3 is 30.1 Å². The third kappa shape index (κ3) is 13.2. The van der Waals surface area contributed by atoms with E-state index in [0.29, 0.717) is 22.6 Å². The fourth-order valence-electron chi connectivity index (χ4n) is 7.25. The number of aryl methyl sites for hydroxylation is 2. The quantitative estimate of drug-likeness (QED) is 0.0859. The minimum atomic E-state index is -0.560. The molecule has 0 bridgehead atoms. The predicted octanol–water partition coefficient (Wildman–Crippen LogP) is 11.2. The molecule has 0 unspecified atom stereocenters. The molecule has 10 heteroatoms. The zero-order chi connectivity index (χ0) is 46.6. The zero-order valence-electron chi connectivity index (χ0n) is 38.8. The molecule has 64 heavy (non-hydrogen) atoms. The molecule has 0 spiro atoms. The van der Waals surface area contributed by atoms with Crippen LogP contribution in [-0.2, 0) is 9.59 Å². The van der Waals surface area contributed by atoms with Crippen molar-refractivity contribution < 1.29 is 28.0 Å². The summed E-state index contributed by atoms with van der Waals surface area (Å²) in [5, 5.41) is 12.7. The molecule has 6 atom stereocenters. The highest BCUT2D eigenvalue weighted by Gasteiger charge is 2.36. The number of rotatable bonds is 14. The number of benzene rings is 4. The monoisotopic (exact) mass is 864 g/mol. The minimum Gasteiger partial charge on any atom is -0.464 e. The molecule has 0 fully saturated rings. The van der Waals surface area contributed by atoms with Crippen LogP contribution in [0.4, 0.5) is 0 Å². The summed E-state index contributed by atoms with van der Waals surface area (Å²) in [5.41, 5.74) is 1.98. The second-order valence-corrected chi connectivity index (χ2v) is 18.5. The largest absolute Gasteiger partial charge is 0.464 e. The standard InChI is InChI=1S/2C27H32N2O3/c2*1-18-16-17-22(32-18)24(29-26(31)27(3,4)5)19(2)23(20-12-8-6-9-13-20)28-25(30)21-14-10-7-11-15-21/h2*6-17,19,23-24H,1-5H3,(H,28,30)(H,29,31)/t2*19-,23+,24+/m10/s1. The van der Waals surface area contributed by atoms with Crippen molar-refractivity contribution in [3.8, 4) is 0 Å². The molecule has 0 saturated carbocycles. The van der Waals surface area contributed by atoms with Gasteiger partial charge in [-0.3, -0.25) is 19.2 Å². The summed E-state index contributed by atoms with van der Waals surface area (Å²) in [7, 11) is 0. The average Bonchev–Trinajstić information content (AvgIpc) is 3.93. The van der Waals surface area contributed by atoms with Gasteiger partial charge in [0.2, 0.25) is 11.8 Å². The Bertz CT molecular complexity index is 2240. The van der Waals surface area contributed by atoms with Crippen LogP contribution in [-0.4, -0.2) is 23.6 Å². The van der Waals surface area contributed by atoms with E-state index in [9.17, 15) is 19.2 Å². The van der Waals surface area contributed by atoms with Crippen molar-refractivity contribution in [2.75, 3.05) is 0 Å². The van der Waals surface area contributed by atoms with Gasteiger partial charge in [0.1, 0.15) is 23.0 Å². The molecule has 0 aliphatic rings. The minimum absolute atomic E-state index is 0.0791. The average molecular weight is 865 g/mol. The Hall–Kier alpha value is -6.68. The van der Waals surface area contributed by atoms with Crippen molar-refractivity contribution in [3.63, 3.8) is 0 Å². The summed E-state index contributed by atoms with van der Waals surface area (Å²) >= 11 is 0. The molecule has 2 heterocycles. The highest BCUT2D eigenvalue weighted by molar-refractivity contribution is 5.95. The summed E-state index contributed by atoms with van der Waals surface area (Å²) in [6.07, 6.45) is 0. The van der Waals surface area contributed by atoms with Crippen LogP contribution in [0.25, 0.3) is 0 Å². The first-order chi connectivity index (χ1) is 30.3. The number of carbonyl (C=O) groups excluding carboxylic acids is 4. The zero-order valence-corrected chi connectivity index (χ0v) is 38.8. The number of furan rings is 2. The van der Waals surface area contributed by atoms with E-state index in [4.69, 9.17) is 8.83 Å². The van der Waals surface area contributed by atoms with E-state index in [-0.39, 0.29) is 47.5 Å². The van der Waals surface area contributed by atoms with Gasteiger partial charge in [0.15, 0.2) is 0 Å². The normalized spacial score (nSPS) is 14.3. The molecule has 0 radical (unpaired) electrons. The van der Waals surface area contributed by atoms with Gasteiger partial charge in [-0.2, -0.15) is 0 Å². The molecule has 4 N–H and O–H groups in total. The lowest BCUT2D eigenvalue weighted by atomic mass is 9.85. The SMILES string of the molecule is Cc1ccc([C@@H](NC(=O)C(C)(C)C)[C@H](C)[C@H](NC(=O)c2ccccc2)c2ccccc2)o1.Cc1ccc([C@H](NC(=O)C(C)(C)C)[C@@H](C)[C@@H](NC(=O)c2ccccc2)c2ccccc2)o1. The van der Waals surface area contributed by atoms with E-state index in [1.807, 2.05) is 191 Å². The molecule has 336 valence electrons. The van der Waals surface area contributed by atoms with Crippen molar-refractivity contribution in [3.05, 3.63) is 191 Å². The molecule has 4 aromatic carbocycles. The van der Waals surface area contributed by atoms with Gasteiger partial charge in [0.25, 0.3) is 11.8 Å². The Morgan fingerprint density at radius 2 is 0.703 bits per heavy atom. The topological polar surface area (TPSA) is 143 Å². The highest BCUT2D eigenvalue weighted by atomic mass is 16.3. The van der Waals surface area contributed by atoms with Crippen molar-refractivity contribution in [1.82, 2.24) is 21.3 Å². The van der Waals surface area contributed by atoms with Crippen LogP contribution < -0.4 is 21.3 Å². The molecule has 2 aromatic heterocycles. The molecule has 6 aromatic rings. The fourth-order valence-corrected chi connectivity index (χ4v) is 7.25. The predicted molar refractivity (Wildman–Crippen MR) is 252 cm³/mol. The van der Waals surface area contributed by atoms with Crippen LogP contribution in [0.5, 0.6) is 0 Å². The van der Waals surface area contributed by atoms with Crippen LogP contribution in [0.1, 0.15) is 134 Å². The lowest BCUT2D eigenvalue weighted by molar-refractivity contribution is -0.130. The molecule has 0 aliphatic heterocycles. The molecular formula is C54H64N4O6. The Labute approximate surface area is 378 Å². The first-order valence-electron chi connectivity index (χ1n) is 21.9. The molecule has 4 amide bonds. The van der Waals surface area contributed by atoms with Crippen LogP contribution in [0, 0.1) is 36.5 Å². The van der Waals surface area contributed by atoms with Gasteiger partial charge in [-0.15, -0.1) is 0 Å². The van der Waals surface area contributed by atoms with Gasteiger partial charge in [-0.25, -0.2) is 0 Å². The number of nitrogens with one attached hydrogen (secondary N) is 4. The van der Waals surface area contributed by atoms with Gasteiger partial charge in [-0.05, 0) is 73.5 Å². The number of amides is 4. The van der Waals surface area contributed by atoms with Crippen molar-refractivity contribution in [2.45, 2.75) is 93.4 Å². The van der Waals surface area contributed by atoms with Gasteiger partial charge in [0.05, 0.1) is 24.2 Å². The lowest BCUT2D eigenvalue weighted by Crippen LogP contribution is -2.43. The van der Waals surface area contributed by atoms with E-state index in [1.165, 1.54) is 0 Å². The summed E-state index contributed by atoms with van der Waals surface area (Å²) < 4.78 is 11.9. The number of hydrogen-bond acceptors (Lipinski definition) is 6. The Balaban J connectivity index is 0.000000241. The molecule has 0 saturated heterocycles. The molecule has 6 rings (SSSR count). The maximum Gasteiger partial charge on any atom is 0.251 e. The molecule has 10 nitrogen and oxygen atoms in total. The van der Waals surface area contributed by atoms with Crippen molar-refractivity contribution in [1.29, 1.82) is 0 Å². The maximum atomic E-state index is 13.1. The smallest absolute Gasteiger partial charge is 0.251 e. The second kappa shape index (κ2) is 21.6. The van der Waals surface area contributed by atoms with E-state index in [2.05, 4.69) is 21.3 Å². The van der Waals surface area contributed by atoms with Crippen molar-refractivity contribution >= 4 is 23.6 Å². The van der Waals surface area contributed by atoms with Gasteiger partial charge in [0, 0.05) is 33.8 Å². The fraction of sp³-hybridized carbons (Fsp3) is 0.333. The first-order valence-corrected chi connectivity index (χ1v) is 21.9. The highest BCUT2D eigenvalue weighted by Crippen LogP contribution is 2.36. The second-order valence-electron chi connectivity index (χ2n) is 18.5. The van der Waals surface area contributed by atoms with Crippen LogP contribution in [0.15, 0.2) is 154 Å². The number of hydrogen-bond donors (Lipinski definition) is 4. The Morgan fingerprint density at radius 3 is 0.969 bits per heavy atom. The van der Waals surface area contributed by atoms with Crippen molar-refractivity contribution in [2.24, 2.45) is 22.7 Å². The Kier molecular flexibility index (Phi) is 16.3. The maximum absolute atomic E-state index is 13.1. The Morgan fingerprint density at radius 1 is 0.406 bits per heavy atom. The lowest BCUT2D eigenvalue weighted by Gasteiger charge is -2.33. The summed E-state index contributed by atoms with van der Waals surface area (Å²) in [6, 6.07) is 43.9. The molecule has 0 aliphatic carbocycles. The van der Waals surface area contributed by atoms with Crippen LogP contribution >= 0.6 is 0 Å². The van der Waals surface area contributed by atoms with E-state index in [1.54, 1.807) is 24.3 Å².